The minimum atomic E-state index is 0.976. The van der Waals surface area contributed by atoms with E-state index < -0.39 is 0 Å². The van der Waals surface area contributed by atoms with Crippen molar-refractivity contribution in [2.45, 2.75) is 39.2 Å². The topological polar surface area (TPSA) is 0 Å². The van der Waals surface area contributed by atoms with Gasteiger partial charge in [0.05, 0.1) is 0 Å². The molecule has 0 aromatic carbocycles. The smallest absolute Gasteiger partial charge is 0.00279 e. The SMILES string of the molecule is CCC(C)CCC[SiH3]. The Balaban J connectivity index is 2.86. The first kappa shape index (κ1) is 8.22. The van der Waals surface area contributed by atoms with Crippen LogP contribution in [0.15, 0.2) is 0 Å². The molecule has 0 saturated heterocycles. The van der Waals surface area contributed by atoms with Gasteiger partial charge in [0, 0.05) is 10.2 Å². The third-order valence-corrected chi connectivity index (χ3v) is 2.45. The Morgan fingerprint density at radius 1 is 1.50 bits per heavy atom. The first-order chi connectivity index (χ1) is 3.81. The van der Waals surface area contributed by atoms with E-state index in [0.29, 0.717) is 0 Å². The van der Waals surface area contributed by atoms with Gasteiger partial charge in [-0.15, -0.1) is 0 Å². The van der Waals surface area contributed by atoms with Gasteiger partial charge in [0.25, 0.3) is 0 Å². The maximum Gasteiger partial charge on any atom is 0.00279 e. The highest BCUT2D eigenvalue weighted by Gasteiger charge is 1.94. The average molecular weight is 130 g/mol. The lowest BCUT2D eigenvalue weighted by Gasteiger charge is -2.04. The lowest BCUT2D eigenvalue weighted by atomic mass is 10.0. The molecule has 50 valence electrons. The largest absolute Gasteiger partial charge is 0.0658 e. The molecule has 1 atom stereocenters. The van der Waals surface area contributed by atoms with Gasteiger partial charge >= 0.3 is 0 Å². The van der Waals surface area contributed by atoms with Gasteiger partial charge in [-0.25, -0.2) is 0 Å². The highest BCUT2D eigenvalue weighted by molar-refractivity contribution is 6.08. The van der Waals surface area contributed by atoms with Crippen LogP contribution in [0.2, 0.25) is 6.04 Å². The standard InChI is InChI=1S/C7H18Si/c1-3-7(2)5-4-6-8/h7H,3-6H2,1-2,8H3. The van der Waals surface area contributed by atoms with Crippen LogP contribution in [0.1, 0.15) is 33.1 Å². The summed E-state index contributed by atoms with van der Waals surface area (Å²) in [6, 6.07) is 1.49. The lowest BCUT2D eigenvalue weighted by Crippen LogP contribution is -1.90. The highest BCUT2D eigenvalue weighted by atomic mass is 28.1. The van der Waals surface area contributed by atoms with Crippen LogP contribution in [0.25, 0.3) is 0 Å². The van der Waals surface area contributed by atoms with Crippen LogP contribution in [0.5, 0.6) is 0 Å². The van der Waals surface area contributed by atoms with Crippen molar-refractivity contribution in [3.05, 3.63) is 0 Å². The van der Waals surface area contributed by atoms with Crippen LogP contribution < -0.4 is 0 Å². The van der Waals surface area contributed by atoms with E-state index in [1.807, 2.05) is 0 Å². The predicted octanol–water partition coefficient (Wildman–Crippen LogP) is 1.60. The lowest BCUT2D eigenvalue weighted by molar-refractivity contribution is 0.509. The highest BCUT2D eigenvalue weighted by Crippen LogP contribution is 2.09. The molecule has 0 fully saturated rings. The van der Waals surface area contributed by atoms with Crippen LogP contribution in [0, 0.1) is 5.92 Å². The summed E-state index contributed by atoms with van der Waals surface area (Å²) in [4.78, 5) is 0. The number of rotatable bonds is 4. The van der Waals surface area contributed by atoms with Crippen molar-refractivity contribution in [2.24, 2.45) is 5.92 Å². The van der Waals surface area contributed by atoms with Crippen LogP contribution in [-0.2, 0) is 0 Å². The molecule has 8 heavy (non-hydrogen) atoms. The third kappa shape index (κ3) is 4.38. The molecular weight excluding hydrogens is 112 g/mol. The van der Waals surface area contributed by atoms with E-state index in [2.05, 4.69) is 13.8 Å². The Kier molecular flexibility index (Phi) is 5.50. The van der Waals surface area contributed by atoms with Crippen molar-refractivity contribution in [1.29, 1.82) is 0 Å². The third-order valence-electron chi connectivity index (χ3n) is 1.75. The maximum absolute atomic E-state index is 2.34. The fraction of sp³-hybridized carbons (Fsp3) is 1.00. The molecule has 0 spiro atoms. The van der Waals surface area contributed by atoms with Gasteiger partial charge < -0.3 is 0 Å². The van der Waals surface area contributed by atoms with E-state index in [9.17, 15) is 0 Å². The van der Waals surface area contributed by atoms with Crippen LogP contribution in [-0.4, -0.2) is 10.2 Å². The van der Waals surface area contributed by atoms with Crippen LogP contribution in [0.4, 0.5) is 0 Å². The summed E-state index contributed by atoms with van der Waals surface area (Å²) < 4.78 is 0. The number of hydrogen-bond acceptors (Lipinski definition) is 0. The molecular formula is C7H18Si. The molecule has 0 aromatic rings. The van der Waals surface area contributed by atoms with Crippen molar-refractivity contribution in [3.63, 3.8) is 0 Å². The zero-order valence-corrected chi connectivity index (χ0v) is 8.41. The normalized spacial score (nSPS) is 14.2. The van der Waals surface area contributed by atoms with Crippen molar-refractivity contribution < 1.29 is 0 Å². The molecule has 0 radical (unpaired) electrons. The number of hydrogen-bond donors (Lipinski definition) is 0. The summed E-state index contributed by atoms with van der Waals surface area (Å²) in [5.41, 5.74) is 0. The Morgan fingerprint density at radius 3 is 2.50 bits per heavy atom. The van der Waals surface area contributed by atoms with Gasteiger partial charge in [-0.2, -0.15) is 0 Å². The summed E-state index contributed by atoms with van der Waals surface area (Å²) in [6.45, 7) is 4.62. The van der Waals surface area contributed by atoms with E-state index in [0.717, 1.165) is 5.92 Å². The maximum atomic E-state index is 2.34. The molecule has 0 bridgehead atoms. The fourth-order valence-electron chi connectivity index (χ4n) is 0.757. The molecule has 0 heterocycles. The predicted molar refractivity (Wildman–Crippen MR) is 43.4 cm³/mol. The average Bonchev–Trinajstić information content (AvgIpc) is 1.83. The van der Waals surface area contributed by atoms with Crippen molar-refractivity contribution >= 4 is 10.2 Å². The van der Waals surface area contributed by atoms with Gasteiger partial charge in [0.15, 0.2) is 0 Å². The molecule has 1 unspecified atom stereocenters. The van der Waals surface area contributed by atoms with Crippen molar-refractivity contribution in [3.8, 4) is 0 Å². The summed E-state index contributed by atoms with van der Waals surface area (Å²) in [7, 11) is 1.40. The van der Waals surface area contributed by atoms with Gasteiger partial charge in [-0.3, -0.25) is 0 Å². The Labute approximate surface area is 56.1 Å². The summed E-state index contributed by atoms with van der Waals surface area (Å²) in [6.07, 6.45) is 4.29. The zero-order valence-electron chi connectivity index (χ0n) is 6.41. The molecule has 0 aliphatic rings. The van der Waals surface area contributed by atoms with E-state index >= 15 is 0 Å². The summed E-state index contributed by atoms with van der Waals surface area (Å²) in [5, 5.41) is 0. The summed E-state index contributed by atoms with van der Waals surface area (Å²) in [5.74, 6) is 0.976. The molecule has 1 heteroatoms. The second-order valence-corrected chi connectivity index (χ2v) is 3.66. The van der Waals surface area contributed by atoms with Crippen molar-refractivity contribution in [2.75, 3.05) is 0 Å². The molecule has 0 aromatic heterocycles. The van der Waals surface area contributed by atoms with Gasteiger partial charge in [0.2, 0.25) is 0 Å². The fourth-order valence-corrected chi connectivity index (χ4v) is 1.16. The zero-order chi connectivity index (χ0) is 6.41. The monoisotopic (exact) mass is 130 g/mol. The molecule has 0 amide bonds. The molecule has 0 rings (SSSR count). The summed E-state index contributed by atoms with van der Waals surface area (Å²) >= 11 is 0. The van der Waals surface area contributed by atoms with E-state index in [1.54, 1.807) is 0 Å². The molecule has 0 aliphatic heterocycles. The second kappa shape index (κ2) is 5.36. The first-order valence-electron chi connectivity index (χ1n) is 3.81. The van der Waals surface area contributed by atoms with E-state index in [4.69, 9.17) is 0 Å². The molecule has 0 N–H and O–H groups in total. The van der Waals surface area contributed by atoms with Crippen molar-refractivity contribution in [1.82, 2.24) is 0 Å². The Morgan fingerprint density at radius 2 is 2.12 bits per heavy atom. The minimum absolute atomic E-state index is 0.976. The Bertz CT molecular complexity index is 43.7. The Hall–Kier alpha value is 0.217. The van der Waals surface area contributed by atoms with Gasteiger partial charge in [-0.1, -0.05) is 39.2 Å². The second-order valence-electron chi connectivity index (χ2n) is 2.66. The minimum Gasteiger partial charge on any atom is -0.0658 e. The van der Waals surface area contributed by atoms with Crippen LogP contribution >= 0.6 is 0 Å². The first-order valence-corrected chi connectivity index (χ1v) is 5.22. The van der Waals surface area contributed by atoms with Crippen LogP contribution in [0.3, 0.4) is 0 Å². The van der Waals surface area contributed by atoms with Gasteiger partial charge in [-0.05, 0) is 5.92 Å². The molecule has 0 aliphatic carbocycles. The van der Waals surface area contributed by atoms with Gasteiger partial charge in [0.1, 0.15) is 0 Å². The quantitative estimate of drug-likeness (QED) is 0.507. The van der Waals surface area contributed by atoms with E-state index in [1.165, 1.54) is 35.5 Å². The van der Waals surface area contributed by atoms with E-state index in [-0.39, 0.29) is 0 Å². The molecule has 0 nitrogen and oxygen atoms in total. The molecule has 0 saturated carbocycles.